The zero-order valence-electron chi connectivity index (χ0n) is 11.5. The Morgan fingerprint density at radius 1 is 1.05 bits per heavy atom. The van der Waals surface area contributed by atoms with E-state index in [0.717, 1.165) is 16.6 Å². The van der Waals surface area contributed by atoms with Gasteiger partial charge in [-0.05, 0) is 48.7 Å². The lowest BCUT2D eigenvalue weighted by molar-refractivity contribution is 0.603. The van der Waals surface area contributed by atoms with Crippen molar-refractivity contribution in [2.24, 2.45) is 0 Å². The summed E-state index contributed by atoms with van der Waals surface area (Å²) in [4.78, 5) is 4.58. The molecule has 0 aliphatic carbocycles. The molecule has 3 rings (SSSR count). The van der Waals surface area contributed by atoms with Gasteiger partial charge in [0.05, 0.1) is 12.0 Å². The molecule has 0 N–H and O–H groups in total. The molecule has 2 nitrogen and oxygen atoms in total. The second-order valence-electron chi connectivity index (χ2n) is 5.30. The van der Waals surface area contributed by atoms with E-state index >= 15 is 0 Å². The zero-order chi connectivity index (χ0) is 13.4. The molecule has 0 fully saturated rings. The van der Waals surface area contributed by atoms with Crippen LogP contribution in [0.3, 0.4) is 0 Å². The maximum Gasteiger partial charge on any atom is 0.226 e. The van der Waals surface area contributed by atoms with Gasteiger partial charge in [-0.15, -0.1) is 0 Å². The first-order valence-electron chi connectivity index (χ1n) is 6.60. The van der Waals surface area contributed by atoms with Crippen molar-refractivity contribution in [3.8, 4) is 11.3 Å². The van der Waals surface area contributed by atoms with Crippen molar-refractivity contribution in [3.63, 3.8) is 0 Å². The van der Waals surface area contributed by atoms with Gasteiger partial charge in [-0.1, -0.05) is 25.5 Å². The van der Waals surface area contributed by atoms with Gasteiger partial charge in [-0.2, -0.15) is 0 Å². The second-order valence-corrected chi connectivity index (χ2v) is 5.30. The lowest BCUT2D eigenvalue weighted by atomic mass is 9.97. The van der Waals surface area contributed by atoms with E-state index in [-0.39, 0.29) is 0 Å². The summed E-state index contributed by atoms with van der Waals surface area (Å²) in [6, 6.07) is 12.7. The van der Waals surface area contributed by atoms with Gasteiger partial charge in [-0.3, -0.25) is 0 Å². The molecule has 2 aromatic heterocycles. The van der Waals surface area contributed by atoms with Gasteiger partial charge in [0.2, 0.25) is 5.71 Å². The van der Waals surface area contributed by atoms with Crippen LogP contribution in [0.5, 0.6) is 0 Å². The summed E-state index contributed by atoms with van der Waals surface area (Å²) < 4.78 is 5.38. The minimum atomic E-state index is 0.519. The Labute approximate surface area is 113 Å². The highest BCUT2D eigenvalue weighted by Crippen LogP contribution is 2.26. The van der Waals surface area contributed by atoms with Gasteiger partial charge in [-0.25, -0.2) is 4.98 Å². The molecule has 0 aliphatic rings. The summed E-state index contributed by atoms with van der Waals surface area (Å²) in [6.45, 7) is 6.55. The maximum absolute atomic E-state index is 5.38. The molecule has 0 amide bonds. The van der Waals surface area contributed by atoms with Crippen LogP contribution >= 0.6 is 0 Å². The number of rotatable bonds is 2. The van der Waals surface area contributed by atoms with Gasteiger partial charge in [0.25, 0.3) is 0 Å². The standard InChI is InChI=1S/C17H17NO/c1-11(2)14-8-12(3)9-15(10-14)16-5-4-13-6-7-19-17(13)18-16/h4-11H,1-3H3. The van der Waals surface area contributed by atoms with Gasteiger partial charge in [0.1, 0.15) is 0 Å². The molecule has 0 spiro atoms. The fraction of sp³-hybridized carbons (Fsp3) is 0.235. The van der Waals surface area contributed by atoms with Crippen molar-refractivity contribution in [1.82, 2.24) is 4.98 Å². The lowest BCUT2D eigenvalue weighted by Crippen LogP contribution is -1.91. The van der Waals surface area contributed by atoms with Crippen LogP contribution in [-0.2, 0) is 0 Å². The lowest BCUT2D eigenvalue weighted by Gasteiger charge is -2.10. The predicted octanol–water partition coefficient (Wildman–Crippen LogP) is 4.93. The number of aromatic nitrogens is 1. The Hall–Kier alpha value is -2.09. The zero-order valence-corrected chi connectivity index (χ0v) is 11.5. The smallest absolute Gasteiger partial charge is 0.226 e. The topological polar surface area (TPSA) is 26.0 Å². The number of nitrogens with zero attached hydrogens (tertiary/aromatic N) is 1. The molecule has 3 aromatic rings. The average Bonchev–Trinajstić information content (AvgIpc) is 2.85. The van der Waals surface area contributed by atoms with Crippen LogP contribution < -0.4 is 0 Å². The van der Waals surface area contributed by atoms with E-state index < -0.39 is 0 Å². The summed E-state index contributed by atoms with van der Waals surface area (Å²) >= 11 is 0. The van der Waals surface area contributed by atoms with Crippen molar-refractivity contribution in [2.45, 2.75) is 26.7 Å². The molecule has 19 heavy (non-hydrogen) atoms. The molecule has 0 atom stereocenters. The molecule has 1 aromatic carbocycles. The number of fused-ring (bicyclic) bond motifs is 1. The van der Waals surface area contributed by atoms with Crippen LogP contribution in [-0.4, -0.2) is 4.98 Å². The molecule has 2 heteroatoms. The molecule has 0 radical (unpaired) electrons. The molecule has 0 unspecified atom stereocenters. The van der Waals surface area contributed by atoms with E-state index in [1.54, 1.807) is 6.26 Å². The largest absolute Gasteiger partial charge is 0.446 e. The number of aryl methyl sites for hydroxylation is 1. The maximum atomic E-state index is 5.38. The molecule has 0 bridgehead atoms. The van der Waals surface area contributed by atoms with Crippen LogP contribution in [0.1, 0.15) is 30.9 Å². The van der Waals surface area contributed by atoms with Crippen LogP contribution in [0.2, 0.25) is 0 Å². The first kappa shape index (κ1) is 12.0. The van der Waals surface area contributed by atoms with Gasteiger partial charge < -0.3 is 4.42 Å². The van der Waals surface area contributed by atoms with Gasteiger partial charge in [0, 0.05) is 10.9 Å². The second kappa shape index (κ2) is 4.54. The van der Waals surface area contributed by atoms with Crippen LogP contribution in [0.4, 0.5) is 0 Å². The summed E-state index contributed by atoms with van der Waals surface area (Å²) in [5.41, 5.74) is 5.43. The molecule has 0 saturated heterocycles. The molecule has 0 saturated carbocycles. The predicted molar refractivity (Wildman–Crippen MR) is 78.3 cm³/mol. The monoisotopic (exact) mass is 251 g/mol. The van der Waals surface area contributed by atoms with E-state index in [2.05, 4.69) is 56.1 Å². The fourth-order valence-corrected chi connectivity index (χ4v) is 2.30. The quantitative estimate of drug-likeness (QED) is 0.645. The van der Waals surface area contributed by atoms with Crippen LogP contribution in [0.15, 0.2) is 47.1 Å². The normalized spacial score (nSPS) is 11.4. The molecule has 2 heterocycles. The Balaban J connectivity index is 2.14. The molecule has 96 valence electrons. The van der Waals surface area contributed by atoms with Crippen molar-refractivity contribution in [2.75, 3.05) is 0 Å². The molecule has 0 aliphatic heterocycles. The fourth-order valence-electron chi connectivity index (χ4n) is 2.30. The Morgan fingerprint density at radius 2 is 1.89 bits per heavy atom. The van der Waals surface area contributed by atoms with Gasteiger partial charge >= 0.3 is 0 Å². The van der Waals surface area contributed by atoms with E-state index in [4.69, 9.17) is 4.42 Å². The number of hydrogen-bond acceptors (Lipinski definition) is 2. The Bertz CT molecular complexity index is 725. The number of pyridine rings is 1. The first-order chi connectivity index (χ1) is 9.13. The van der Waals surface area contributed by atoms with Crippen molar-refractivity contribution in [3.05, 3.63) is 53.8 Å². The third-order valence-corrected chi connectivity index (χ3v) is 3.38. The summed E-state index contributed by atoms with van der Waals surface area (Å²) in [6.07, 6.45) is 1.68. The Kier molecular flexibility index (Phi) is 2.86. The van der Waals surface area contributed by atoms with Crippen molar-refractivity contribution < 1.29 is 4.42 Å². The highest BCUT2D eigenvalue weighted by molar-refractivity contribution is 5.77. The summed E-state index contributed by atoms with van der Waals surface area (Å²) in [5, 5.41) is 1.04. The summed E-state index contributed by atoms with van der Waals surface area (Å²) in [7, 11) is 0. The highest BCUT2D eigenvalue weighted by atomic mass is 16.3. The molecular formula is C17H17NO. The first-order valence-corrected chi connectivity index (χ1v) is 6.60. The minimum Gasteiger partial charge on any atom is -0.446 e. The minimum absolute atomic E-state index is 0.519. The van der Waals surface area contributed by atoms with Crippen LogP contribution in [0.25, 0.3) is 22.4 Å². The van der Waals surface area contributed by atoms with Crippen molar-refractivity contribution in [1.29, 1.82) is 0 Å². The third kappa shape index (κ3) is 2.26. The van der Waals surface area contributed by atoms with Crippen molar-refractivity contribution >= 4 is 11.1 Å². The SMILES string of the molecule is Cc1cc(-c2ccc3ccoc3n2)cc(C(C)C)c1. The average molecular weight is 251 g/mol. The number of benzene rings is 1. The van der Waals surface area contributed by atoms with E-state index in [0.29, 0.717) is 11.6 Å². The third-order valence-electron chi connectivity index (χ3n) is 3.38. The van der Waals surface area contributed by atoms with Crippen LogP contribution in [0, 0.1) is 6.92 Å². The summed E-state index contributed by atoms with van der Waals surface area (Å²) in [5.74, 6) is 0.519. The number of hydrogen-bond donors (Lipinski definition) is 0. The van der Waals surface area contributed by atoms with Gasteiger partial charge in [0.15, 0.2) is 0 Å². The van der Waals surface area contributed by atoms with E-state index in [1.807, 2.05) is 6.07 Å². The van der Waals surface area contributed by atoms with E-state index in [1.165, 1.54) is 11.1 Å². The highest BCUT2D eigenvalue weighted by Gasteiger charge is 2.07. The Morgan fingerprint density at radius 3 is 2.68 bits per heavy atom. The number of furan rings is 1. The molecular weight excluding hydrogens is 234 g/mol. The van der Waals surface area contributed by atoms with E-state index in [9.17, 15) is 0 Å².